The van der Waals surface area contributed by atoms with Gasteiger partial charge in [-0.3, -0.25) is 9.59 Å². The van der Waals surface area contributed by atoms with Gasteiger partial charge in [0.1, 0.15) is 11.5 Å². The van der Waals surface area contributed by atoms with Crippen molar-refractivity contribution >= 4 is 11.7 Å². The van der Waals surface area contributed by atoms with Gasteiger partial charge in [0.2, 0.25) is 5.91 Å². The van der Waals surface area contributed by atoms with Crippen LogP contribution in [0.2, 0.25) is 0 Å². The lowest BCUT2D eigenvalue weighted by molar-refractivity contribution is 0.0995. The maximum atomic E-state index is 11.8. The molecule has 0 aliphatic heterocycles. The largest absolute Gasteiger partial charge is 0.366 e. The molecule has 1 amide bonds. The van der Waals surface area contributed by atoms with E-state index in [-0.39, 0.29) is 11.2 Å². The SMILES string of the molecule is CC(=O)c1[nH]c(C(C)(C)C)nc1-c1ccc(C(N)=O)cc1. The van der Waals surface area contributed by atoms with Crippen LogP contribution in [0, 0.1) is 0 Å². The quantitative estimate of drug-likeness (QED) is 0.850. The third-order valence-corrected chi connectivity index (χ3v) is 3.21. The Hall–Kier alpha value is -2.43. The van der Waals surface area contributed by atoms with E-state index in [1.54, 1.807) is 24.3 Å². The molecule has 1 heterocycles. The highest BCUT2D eigenvalue weighted by Gasteiger charge is 2.23. The number of primary amides is 1. The van der Waals surface area contributed by atoms with E-state index in [0.717, 1.165) is 11.4 Å². The maximum Gasteiger partial charge on any atom is 0.248 e. The van der Waals surface area contributed by atoms with E-state index in [4.69, 9.17) is 5.73 Å². The molecule has 0 unspecified atom stereocenters. The number of aromatic amines is 1. The van der Waals surface area contributed by atoms with E-state index in [0.29, 0.717) is 17.0 Å². The second-order valence-electron chi connectivity index (χ2n) is 6.06. The van der Waals surface area contributed by atoms with Crippen LogP contribution < -0.4 is 5.73 Å². The fraction of sp³-hybridized carbons (Fsp3) is 0.312. The van der Waals surface area contributed by atoms with Crippen molar-refractivity contribution in [2.24, 2.45) is 5.73 Å². The first-order valence-corrected chi connectivity index (χ1v) is 6.72. The fourth-order valence-corrected chi connectivity index (χ4v) is 1.98. The number of H-pyrrole nitrogens is 1. The summed E-state index contributed by atoms with van der Waals surface area (Å²) in [7, 11) is 0. The molecule has 0 atom stereocenters. The minimum absolute atomic E-state index is 0.0769. The predicted molar refractivity (Wildman–Crippen MR) is 81.2 cm³/mol. The Kier molecular flexibility index (Phi) is 3.68. The Morgan fingerprint density at radius 3 is 2.14 bits per heavy atom. The van der Waals surface area contributed by atoms with Crippen LogP contribution in [-0.2, 0) is 5.41 Å². The summed E-state index contributed by atoms with van der Waals surface area (Å²) >= 11 is 0. The molecule has 0 bridgehead atoms. The van der Waals surface area contributed by atoms with Gasteiger partial charge < -0.3 is 10.7 Å². The highest BCUT2D eigenvalue weighted by atomic mass is 16.1. The summed E-state index contributed by atoms with van der Waals surface area (Å²) in [4.78, 5) is 30.6. The molecule has 3 N–H and O–H groups in total. The van der Waals surface area contributed by atoms with Gasteiger partial charge in [-0.2, -0.15) is 0 Å². The number of nitrogens with one attached hydrogen (secondary N) is 1. The molecule has 0 spiro atoms. The highest BCUT2D eigenvalue weighted by Crippen LogP contribution is 2.27. The number of carbonyl (C=O) groups is 2. The number of hydrogen-bond acceptors (Lipinski definition) is 3. The van der Waals surface area contributed by atoms with Crippen LogP contribution in [0.4, 0.5) is 0 Å². The van der Waals surface area contributed by atoms with Crippen LogP contribution in [-0.4, -0.2) is 21.7 Å². The van der Waals surface area contributed by atoms with Gasteiger partial charge in [0, 0.05) is 23.5 Å². The topological polar surface area (TPSA) is 88.8 Å². The highest BCUT2D eigenvalue weighted by molar-refractivity contribution is 5.98. The van der Waals surface area contributed by atoms with E-state index < -0.39 is 5.91 Å². The Bertz CT molecular complexity index is 691. The number of imidazole rings is 1. The van der Waals surface area contributed by atoms with Crippen LogP contribution >= 0.6 is 0 Å². The van der Waals surface area contributed by atoms with Crippen LogP contribution in [0.1, 0.15) is 54.4 Å². The average Bonchev–Trinajstić information content (AvgIpc) is 2.83. The number of ketones is 1. The third-order valence-electron chi connectivity index (χ3n) is 3.21. The fourth-order valence-electron chi connectivity index (χ4n) is 1.98. The summed E-state index contributed by atoms with van der Waals surface area (Å²) in [6.45, 7) is 7.57. The van der Waals surface area contributed by atoms with Crippen molar-refractivity contribution in [3.05, 3.63) is 41.3 Å². The average molecular weight is 285 g/mol. The summed E-state index contributed by atoms with van der Waals surface area (Å²) in [5.74, 6) is 0.194. The molecule has 1 aromatic carbocycles. The Morgan fingerprint density at radius 2 is 1.71 bits per heavy atom. The van der Waals surface area contributed by atoms with Crippen molar-refractivity contribution in [2.45, 2.75) is 33.1 Å². The summed E-state index contributed by atoms with van der Waals surface area (Å²) in [5.41, 5.74) is 7.32. The molecule has 2 rings (SSSR count). The number of Topliss-reactive ketones (excluding diaryl/α,β-unsaturated/α-hetero) is 1. The van der Waals surface area contributed by atoms with Crippen LogP contribution in [0.25, 0.3) is 11.3 Å². The van der Waals surface area contributed by atoms with Crippen LogP contribution in [0.3, 0.4) is 0 Å². The number of nitrogens with zero attached hydrogens (tertiary/aromatic N) is 1. The van der Waals surface area contributed by atoms with Crippen LogP contribution in [0.15, 0.2) is 24.3 Å². The molecule has 0 saturated heterocycles. The number of nitrogens with two attached hydrogens (primary N) is 1. The van der Waals surface area contributed by atoms with Gasteiger partial charge in [-0.15, -0.1) is 0 Å². The Morgan fingerprint density at radius 1 is 1.14 bits per heavy atom. The van der Waals surface area contributed by atoms with Gasteiger partial charge in [0.25, 0.3) is 0 Å². The zero-order valence-corrected chi connectivity index (χ0v) is 12.7. The lowest BCUT2D eigenvalue weighted by Crippen LogP contribution is -2.13. The number of aromatic nitrogens is 2. The molecule has 0 fully saturated rings. The van der Waals surface area contributed by atoms with Crippen molar-refractivity contribution in [1.82, 2.24) is 9.97 Å². The lowest BCUT2D eigenvalue weighted by atomic mass is 9.96. The Balaban J connectivity index is 2.54. The first-order valence-electron chi connectivity index (χ1n) is 6.72. The van der Waals surface area contributed by atoms with Crippen molar-refractivity contribution in [3.8, 4) is 11.3 Å². The van der Waals surface area contributed by atoms with E-state index in [1.807, 2.05) is 20.8 Å². The summed E-state index contributed by atoms with van der Waals surface area (Å²) < 4.78 is 0. The van der Waals surface area contributed by atoms with Crippen molar-refractivity contribution in [1.29, 1.82) is 0 Å². The molecule has 1 aromatic heterocycles. The second kappa shape index (κ2) is 5.16. The smallest absolute Gasteiger partial charge is 0.248 e. The van der Waals surface area contributed by atoms with Gasteiger partial charge in [-0.25, -0.2) is 4.98 Å². The molecule has 110 valence electrons. The van der Waals surface area contributed by atoms with Gasteiger partial charge in [0.15, 0.2) is 5.78 Å². The van der Waals surface area contributed by atoms with Gasteiger partial charge in [-0.05, 0) is 12.1 Å². The Labute approximate surface area is 123 Å². The first kappa shape index (κ1) is 15.0. The molecule has 5 nitrogen and oxygen atoms in total. The summed E-state index contributed by atoms with van der Waals surface area (Å²) in [6.07, 6.45) is 0. The van der Waals surface area contributed by atoms with E-state index in [1.165, 1.54) is 6.92 Å². The molecule has 5 heteroatoms. The van der Waals surface area contributed by atoms with Gasteiger partial charge in [-0.1, -0.05) is 32.9 Å². The van der Waals surface area contributed by atoms with Gasteiger partial charge in [0.05, 0.1) is 5.69 Å². The molecule has 0 aliphatic carbocycles. The molecular weight excluding hydrogens is 266 g/mol. The van der Waals surface area contributed by atoms with Crippen molar-refractivity contribution in [2.75, 3.05) is 0 Å². The van der Waals surface area contributed by atoms with Crippen molar-refractivity contribution in [3.63, 3.8) is 0 Å². The molecule has 0 saturated carbocycles. The number of hydrogen-bond donors (Lipinski definition) is 2. The zero-order chi connectivity index (χ0) is 15.8. The van der Waals surface area contributed by atoms with E-state index >= 15 is 0 Å². The van der Waals surface area contributed by atoms with E-state index in [9.17, 15) is 9.59 Å². The monoisotopic (exact) mass is 285 g/mol. The predicted octanol–water partition coefficient (Wildman–Crippen LogP) is 2.68. The molecule has 21 heavy (non-hydrogen) atoms. The minimum atomic E-state index is -0.481. The number of carbonyl (C=O) groups excluding carboxylic acids is 2. The molecule has 0 aliphatic rings. The zero-order valence-electron chi connectivity index (χ0n) is 12.7. The second-order valence-corrected chi connectivity index (χ2v) is 6.06. The van der Waals surface area contributed by atoms with Crippen molar-refractivity contribution < 1.29 is 9.59 Å². The standard InChI is InChI=1S/C16H19N3O2/c1-9(20)12-13(19-15(18-12)16(2,3)4)10-5-7-11(8-6-10)14(17)21/h5-8H,1-4H3,(H2,17,21)(H,18,19). The van der Waals surface area contributed by atoms with Gasteiger partial charge >= 0.3 is 0 Å². The first-order chi connectivity index (χ1) is 9.70. The minimum Gasteiger partial charge on any atom is -0.366 e. The molecular formula is C16H19N3O2. The number of rotatable bonds is 3. The number of benzene rings is 1. The molecule has 2 aromatic rings. The normalized spacial score (nSPS) is 11.4. The van der Waals surface area contributed by atoms with E-state index in [2.05, 4.69) is 9.97 Å². The lowest BCUT2D eigenvalue weighted by Gasteiger charge is -2.13. The maximum absolute atomic E-state index is 11.8. The summed E-state index contributed by atoms with van der Waals surface area (Å²) in [6, 6.07) is 6.75. The number of amides is 1. The third kappa shape index (κ3) is 3.02. The molecule has 0 radical (unpaired) electrons. The summed E-state index contributed by atoms with van der Waals surface area (Å²) in [5, 5.41) is 0. The van der Waals surface area contributed by atoms with Crippen LogP contribution in [0.5, 0.6) is 0 Å².